The molecule has 0 fully saturated rings. The molecule has 0 amide bonds. The first-order chi connectivity index (χ1) is 7.29. The fourth-order valence-electron chi connectivity index (χ4n) is 1.66. The van der Waals surface area contributed by atoms with E-state index in [1.54, 1.807) is 0 Å². The molecule has 0 spiro atoms. The first-order valence-electron chi connectivity index (χ1n) is 5.44. The van der Waals surface area contributed by atoms with E-state index >= 15 is 0 Å². The quantitative estimate of drug-likeness (QED) is 0.699. The summed E-state index contributed by atoms with van der Waals surface area (Å²) in [6.45, 7) is 4.35. The molecule has 1 heterocycles. The lowest BCUT2D eigenvalue weighted by molar-refractivity contribution is 0.927. The molecule has 0 saturated heterocycles. The number of thiophene rings is 1. The zero-order chi connectivity index (χ0) is 10.7. The molecule has 0 saturated carbocycles. The Morgan fingerprint density at radius 2 is 1.87 bits per heavy atom. The van der Waals surface area contributed by atoms with Gasteiger partial charge in [-0.3, -0.25) is 0 Å². The van der Waals surface area contributed by atoms with Crippen molar-refractivity contribution in [2.75, 3.05) is 0 Å². The first-order valence-corrected chi connectivity index (χ1v) is 6.32. The van der Waals surface area contributed by atoms with Gasteiger partial charge in [-0.2, -0.15) is 0 Å². The summed E-state index contributed by atoms with van der Waals surface area (Å²) in [5, 5.41) is 2.28. The summed E-state index contributed by atoms with van der Waals surface area (Å²) in [6.07, 6.45) is 2.42. The van der Waals surface area contributed by atoms with Crippen LogP contribution >= 0.6 is 11.3 Å². The number of benzene rings is 1. The van der Waals surface area contributed by atoms with Gasteiger partial charge in [-0.25, -0.2) is 0 Å². The highest BCUT2D eigenvalue weighted by molar-refractivity contribution is 7.13. The van der Waals surface area contributed by atoms with Crippen molar-refractivity contribution in [3.05, 3.63) is 46.8 Å². The van der Waals surface area contributed by atoms with E-state index in [2.05, 4.69) is 49.6 Å². The van der Waals surface area contributed by atoms with Crippen molar-refractivity contribution in [2.45, 2.75) is 26.7 Å². The molecule has 0 bridgehead atoms. The van der Waals surface area contributed by atoms with Gasteiger partial charge in [-0.15, -0.1) is 11.3 Å². The monoisotopic (exact) mass is 216 g/mol. The van der Waals surface area contributed by atoms with Crippen LogP contribution in [0.15, 0.2) is 35.7 Å². The van der Waals surface area contributed by atoms with Gasteiger partial charge in [0.05, 0.1) is 0 Å². The molecule has 0 atom stereocenters. The van der Waals surface area contributed by atoms with E-state index in [9.17, 15) is 0 Å². The maximum atomic E-state index is 2.32. The van der Waals surface area contributed by atoms with Crippen LogP contribution in [0.4, 0.5) is 0 Å². The number of hydrogen-bond donors (Lipinski definition) is 0. The first kappa shape index (κ1) is 10.4. The number of hydrogen-bond acceptors (Lipinski definition) is 1. The van der Waals surface area contributed by atoms with Crippen LogP contribution in [-0.2, 0) is 6.42 Å². The van der Waals surface area contributed by atoms with E-state index in [0.29, 0.717) is 0 Å². The Hall–Kier alpha value is -1.08. The minimum atomic E-state index is 1.20. The second-order valence-corrected chi connectivity index (χ2v) is 4.85. The van der Waals surface area contributed by atoms with Gasteiger partial charge in [0.2, 0.25) is 0 Å². The van der Waals surface area contributed by atoms with Crippen molar-refractivity contribution in [3.63, 3.8) is 0 Å². The SMILES string of the molecule is CCCc1csc(-c2ccc(C)cc2)c1. The summed E-state index contributed by atoms with van der Waals surface area (Å²) < 4.78 is 0. The lowest BCUT2D eigenvalue weighted by Gasteiger charge is -1.97. The predicted octanol–water partition coefficient (Wildman–Crippen LogP) is 4.68. The number of aryl methyl sites for hydroxylation is 2. The van der Waals surface area contributed by atoms with Crippen LogP contribution < -0.4 is 0 Å². The highest BCUT2D eigenvalue weighted by Gasteiger charge is 2.01. The van der Waals surface area contributed by atoms with Crippen LogP contribution in [0.2, 0.25) is 0 Å². The maximum absolute atomic E-state index is 2.32. The van der Waals surface area contributed by atoms with Crippen LogP contribution in [0, 0.1) is 6.92 Å². The van der Waals surface area contributed by atoms with Gasteiger partial charge in [0.15, 0.2) is 0 Å². The van der Waals surface area contributed by atoms with E-state index in [0.717, 1.165) is 0 Å². The molecule has 2 aromatic rings. The van der Waals surface area contributed by atoms with E-state index < -0.39 is 0 Å². The Bertz CT molecular complexity index is 423. The number of rotatable bonds is 3. The van der Waals surface area contributed by atoms with Crippen LogP contribution in [-0.4, -0.2) is 0 Å². The summed E-state index contributed by atoms with van der Waals surface area (Å²) in [5.74, 6) is 0. The molecule has 2 rings (SSSR count). The third-order valence-electron chi connectivity index (χ3n) is 2.53. The topological polar surface area (TPSA) is 0 Å². The van der Waals surface area contributed by atoms with Crippen molar-refractivity contribution in [3.8, 4) is 10.4 Å². The van der Waals surface area contributed by atoms with Gasteiger partial charge >= 0.3 is 0 Å². The Kier molecular flexibility index (Phi) is 3.22. The van der Waals surface area contributed by atoms with Crippen molar-refractivity contribution in [2.24, 2.45) is 0 Å². The molecule has 0 N–H and O–H groups in total. The summed E-state index contributed by atoms with van der Waals surface area (Å²) >= 11 is 1.85. The van der Waals surface area contributed by atoms with Gasteiger partial charge in [-0.1, -0.05) is 43.2 Å². The molecule has 78 valence electrons. The maximum Gasteiger partial charge on any atom is 0.0345 e. The molecule has 0 radical (unpaired) electrons. The Labute approximate surface area is 95.6 Å². The van der Waals surface area contributed by atoms with Crippen molar-refractivity contribution >= 4 is 11.3 Å². The molecular weight excluding hydrogens is 200 g/mol. The zero-order valence-electron chi connectivity index (χ0n) is 9.29. The average molecular weight is 216 g/mol. The van der Waals surface area contributed by atoms with E-state index in [4.69, 9.17) is 0 Å². The Morgan fingerprint density at radius 1 is 1.13 bits per heavy atom. The average Bonchev–Trinajstić information content (AvgIpc) is 2.68. The standard InChI is InChI=1S/C14H16S/c1-3-4-12-9-14(15-10-12)13-7-5-11(2)6-8-13/h5-10H,3-4H2,1-2H3. The molecule has 1 heteroatoms. The van der Waals surface area contributed by atoms with E-state index in [1.165, 1.54) is 34.4 Å². The van der Waals surface area contributed by atoms with Crippen molar-refractivity contribution < 1.29 is 0 Å². The molecule has 0 aliphatic heterocycles. The summed E-state index contributed by atoms with van der Waals surface area (Å²) in [6, 6.07) is 11.1. The molecule has 15 heavy (non-hydrogen) atoms. The van der Waals surface area contributed by atoms with Crippen LogP contribution in [0.3, 0.4) is 0 Å². The third-order valence-corrected chi connectivity index (χ3v) is 3.56. The van der Waals surface area contributed by atoms with E-state index in [-0.39, 0.29) is 0 Å². The van der Waals surface area contributed by atoms with Crippen molar-refractivity contribution in [1.29, 1.82) is 0 Å². The zero-order valence-corrected chi connectivity index (χ0v) is 10.1. The summed E-state index contributed by atoms with van der Waals surface area (Å²) in [4.78, 5) is 1.39. The lowest BCUT2D eigenvalue weighted by Crippen LogP contribution is -1.76. The van der Waals surface area contributed by atoms with Gasteiger partial charge in [-0.05, 0) is 35.9 Å². The Morgan fingerprint density at radius 3 is 2.53 bits per heavy atom. The largest absolute Gasteiger partial charge is 0.144 e. The molecule has 1 aromatic heterocycles. The Balaban J connectivity index is 2.25. The summed E-state index contributed by atoms with van der Waals surface area (Å²) in [5.41, 5.74) is 4.13. The summed E-state index contributed by atoms with van der Waals surface area (Å²) in [7, 11) is 0. The van der Waals surface area contributed by atoms with Gasteiger partial charge in [0.25, 0.3) is 0 Å². The van der Waals surface area contributed by atoms with Gasteiger partial charge in [0, 0.05) is 4.88 Å². The fourth-order valence-corrected chi connectivity index (χ4v) is 2.62. The molecule has 1 aromatic carbocycles. The fraction of sp³-hybridized carbons (Fsp3) is 0.286. The normalized spacial score (nSPS) is 10.5. The lowest BCUT2D eigenvalue weighted by atomic mass is 10.1. The molecule has 0 aliphatic rings. The van der Waals surface area contributed by atoms with Crippen LogP contribution in [0.1, 0.15) is 24.5 Å². The second kappa shape index (κ2) is 4.63. The minimum Gasteiger partial charge on any atom is -0.144 e. The molecular formula is C14H16S. The van der Waals surface area contributed by atoms with Crippen molar-refractivity contribution in [1.82, 2.24) is 0 Å². The third kappa shape index (κ3) is 2.48. The van der Waals surface area contributed by atoms with Crippen LogP contribution in [0.5, 0.6) is 0 Å². The van der Waals surface area contributed by atoms with Gasteiger partial charge in [0.1, 0.15) is 0 Å². The van der Waals surface area contributed by atoms with Crippen LogP contribution in [0.25, 0.3) is 10.4 Å². The smallest absolute Gasteiger partial charge is 0.0345 e. The second-order valence-electron chi connectivity index (χ2n) is 3.94. The predicted molar refractivity (Wildman–Crippen MR) is 68.5 cm³/mol. The van der Waals surface area contributed by atoms with E-state index in [1.807, 2.05) is 11.3 Å². The minimum absolute atomic E-state index is 1.20. The van der Waals surface area contributed by atoms with Gasteiger partial charge < -0.3 is 0 Å². The molecule has 0 aliphatic carbocycles. The highest BCUT2D eigenvalue weighted by Crippen LogP contribution is 2.27. The highest BCUT2D eigenvalue weighted by atomic mass is 32.1. The molecule has 0 unspecified atom stereocenters. The molecule has 0 nitrogen and oxygen atoms in total.